The molecule has 4 aromatic carbocycles. The largest absolute Gasteiger partial charge is 0.508 e. The number of fused-ring (bicyclic) bond motifs is 2. The van der Waals surface area contributed by atoms with Gasteiger partial charge in [-0.15, -0.1) is 0 Å². The van der Waals surface area contributed by atoms with Gasteiger partial charge in [-0.1, -0.05) is 80.6 Å². The van der Waals surface area contributed by atoms with Gasteiger partial charge in [0, 0.05) is 18.5 Å². The van der Waals surface area contributed by atoms with E-state index in [9.17, 15) is 5.11 Å². The molecule has 0 bridgehead atoms. The van der Waals surface area contributed by atoms with Gasteiger partial charge in [0.1, 0.15) is 5.75 Å². The first-order valence-corrected chi connectivity index (χ1v) is 11.2. The van der Waals surface area contributed by atoms with Gasteiger partial charge in [0.15, 0.2) is 0 Å². The number of ether oxygens (including phenoxy) is 1. The van der Waals surface area contributed by atoms with Gasteiger partial charge < -0.3 is 14.7 Å². The van der Waals surface area contributed by atoms with Crippen LogP contribution >= 0.6 is 0 Å². The summed E-state index contributed by atoms with van der Waals surface area (Å²) in [4.78, 5) is 2.37. The van der Waals surface area contributed by atoms with Crippen LogP contribution in [0.25, 0.3) is 21.5 Å². The van der Waals surface area contributed by atoms with E-state index in [1.165, 1.54) is 21.9 Å². The Kier molecular flexibility index (Phi) is 6.86. The maximum Gasteiger partial charge on any atom is 0.119 e. The maximum absolute atomic E-state index is 10.7. The zero-order valence-electron chi connectivity index (χ0n) is 18.5. The van der Waals surface area contributed by atoms with Crippen LogP contribution in [-0.2, 0) is 17.8 Å². The van der Waals surface area contributed by atoms with Crippen molar-refractivity contribution in [3.63, 3.8) is 0 Å². The van der Waals surface area contributed by atoms with Gasteiger partial charge in [0.2, 0.25) is 0 Å². The highest BCUT2D eigenvalue weighted by molar-refractivity contribution is 5.91. The molecule has 31 heavy (non-hydrogen) atoms. The third-order valence-electron chi connectivity index (χ3n) is 6.21. The Labute approximate surface area is 184 Å². The number of nitrogens with zero attached hydrogens (tertiary/aromatic N) is 1. The van der Waals surface area contributed by atoms with Crippen LogP contribution in [0.15, 0.2) is 72.8 Å². The molecular weight excluding hydrogens is 382 g/mol. The molecule has 0 spiro atoms. The summed E-state index contributed by atoms with van der Waals surface area (Å²) < 4.78 is 6.09. The number of aromatic hydroxyl groups is 1. The van der Waals surface area contributed by atoms with Gasteiger partial charge >= 0.3 is 0 Å². The molecule has 0 aliphatic heterocycles. The standard InChI is InChI=1S/C28H31NO2/c1-3-29(4-2)17-18-31-20-23-14-13-21-9-5-7-11-24(21)26(23)19-27-25-12-8-6-10-22(25)15-16-28(27)30/h5-16,30H,3-4,17-20H2,1-2H3. The lowest BCUT2D eigenvalue weighted by Gasteiger charge is -2.19. The molecule has 0 saturated carbocycles. The first-order chi connectivity index (χ1) is 15.2. The fourth-order valence-electron chi connectivity index (χ4n) is 4.33. The fourth-order valence-corrected chi connectivity index (χ4v) is 4.33. The second-order valence-electron chi connectivity index (χ2n) is 7.96. The van der Waals surface area contributed by atoms with Crippen LogP contribution in [-0.4, -0.2) is 36.2 Å². The van der Waals surface area contributed by atoms with Crippen molar-refractivity contribution in [2.45, 2.75) is 26.9 Å². The quantitative estimate of drug-likeness (QED) is 0.334. The number of benzene rings is 4. The topological polar surface area (TPSA) is 32.7 Å². The molecule has 0 heterocycles. The van der Waals surface area contributed by atoms with Crippen molar-refractivity contribution in [3.05, 3.63) is 89.5 Å². The molecule has 0 amide bonds. The third-order valence-corrected chi connectivity index (χ3v) is 6.21. The summed E-state index contributed by atoms with van der Waals surface area (Å²) in [7, 11) is 0. The molecule has 0 aromatic heterocycles. The van der Waals surface area contributed by atoms with E-state index >= 15 is 0 Å². The predicted molar refractivity (Wildman–Crippen MR) is 130 cm³/mol. The minimum absolute atomic E-state index is 0.347. The van der Waals surface area contributed by atoms with Crippen molar-refractivity contribution in [1.82, 2.24) is 4.90 Å². The van der Waals surface area contributed by atoms with Crippen LogP contribution in [0.5, 0.6) is 5.75 Å². The van der Waals surface area contributed by atoms with Crippen LogP contribution in [0.1, 0.15) is 30.5 Å². The number of hydrogen-bond donors (Lipinski definition) is 1. The molecule has 0 saturated heterocycles. The number of hydrogen-bond acceptors (Lipinski definition) is 3. The molecule has 0 atom stereocenters. The Morgan fingerprint density at radius 3 is 2.03 bits per heavy atom. The zero-order chi connectivity index (χ0) is 21.6. The number of likely N-dealkylation sites (N-methyl/N-ethyl adjacent to an activating group) is 1. The van der Waals surface area contributed by atoms with E-state index in [0.717, 1.165) is 36.0 Å². The number of phenolic OH excluding ortho intramolecular Hbond substituents is 1. The lowest BCUT2D eigenvalue weighted by atomic mass is 9.91. The summed E-state index contributed by atoms with van der Waals surface area (Å²) >= 11 is 0. The molecule has 4 rings (SSSR count). The highest BCUT2D eigenvalue weighted by Crippen LogP contribution is 2.33. The summed E-state index contributed by atoms with van der Waals surface area (Å²) in [6, 6.07) is 24.9. The number of rotatable bonds is 9. The van der Waals surface area contributed by atoms with E-state index in [0.29, 0.717) is 25.4 Å². The van der Waals surface area contributed by atoms with Gasteiger partial charge in [-0.25, -0.2) is 0 Å². The monoisotopic (exact) mass is 413 g/mol. The molecule has 3 heteroatoms. The molecule has 0 unspecified atom stereocenters. The average Bonchev–Trinajstić information content (AvgIpc) is 2.81. The van der Waals surface area contributed by atoms with Gasteiger partial charge in [-0.2, -0.15) is 0 Å². The van der Waals surface area contributed by atoms with Crippen LogP contribution in [0, 0.1) is 0 Å². The molecule has 0 aliphatic rings. The lowest BCUT2D eigenvalue weighted by Crippen LogP contribution is -2.27. The van der Waals surface area contributed by atoms with Crippen molar-refractivity contribution in [3.8, 4) is 5.75 Å². The lowest BCUT2D eigenvalue weighted by molar-refractivity contribution is 0.0953. The molecule has 0 aliphatic carbocycles. The van der Waals surface area contributed by atoms with E-state index in [2.05, 4.69) is 67.3 Å². The minimum atomic E-state index is 0.347. The van der Waals surface area contributed by atoms with E-state index in [1.54, 1.807) is 0 Å². The number of phenols is 1. The average molecular weight is 414 g/mol. The maximum atomic E-state index is 10.7. The molecular formula is C28H31NO2. The Bertz CT molecular complexity index is 1160. The van der Waals surface area contributed by atoms with E-state index in [4.69, 9.17) is 4.74 Å². The molecule has 160 valence electrons. The summed E-state index contributed by atoms with van der Waals surface area (Å²) in [5.74, 6) is 0.347. The molecule has 4 aromatic rings. The van der Waals surface area contributed by atoms with Crippen LogP contribution in [0.2, 0.25) is 0 Å². The van der Waals surface area contributed by atoms with Gasteiger partial charge in [-0.05, 0) is 51.8 Å². The molecule has 0 fully saturated rings. The Morgan fingerprint density at radius 2 is 1.35 bits per heavy atom. The second kappa shape index (κ2) is 9.95. The highest BCUT2D eigenvalue weighted by atomic mass is 16.5. The van der Waals surface area contributed by atoms with E-state index in [1.807, 2.05) is 24.3 Å². The third kappa shape index (κ3) is 4.73. The minimum Gasteiger partial charge on any atom is -0.508 e. The van der Waals surface area contributed by atoms with Gasteiger partial charge in [-0.3, -0.25) is 0 Å². The predicted octanol–water partition coefficient (Wildman–Crippen LogP) is 6.15. The summed E-state index contributed by atoms with van der Waals surface area (Å²) in [6.07, 6.45) is 0.670. The smallest absolute Gasteiger partial charge is 0.119 e. The first-order valence-electron chi connectivity index (χ1n) is 11.2. The van der Waals surface area contributed by atoms with Crippen molar-refractivity contribution in [1.29, 1.82) is 0 Å². The van der Waals surface area contributed by atoms with Crippen molar-refractivity contribution in [2.24, 2.45) is 0 Å². The molecule has 0 radical (unpaired) electrons. The summed E-state index contributed by atoms with van der Waals surface area (Å²) in [6.45, 7) is 8.69. The van der Waals surface area contributed by atoms with Gasteiger partial charge in [0.05, 0.1) is 13.2 Å². The Morgan fingerprint density at radius 1 is 0.742 bits per heavy atom. The summed E-state index contributed by atoms with van der Waals surface area (Å²) in [5.41, 5.74) is 3.39. The Hall–Kier alpha value is -2.88. The first kappa shape index (κ1) is 21.4. The van der Waals surface area contributed by atoms with Crippen molar-refractivity contribution < 1.29 is 9.84 Å². The van der Waals surface area contributed by atoms with Crippen LogP contribution in [0.3, 0.4) is 0 Å². The fraction of sp³-hybridized carbons (Fsp3) is 0.286. The van der Waals surface area contributed by atoms with Gasteiger partial charge in [0.25, 0.3) is 0 Å². The van der Waals surface area contributed by atoms with Crippen LogP contribution < -0.4 is 0 Å². The Balaban J connectivity index is 1.68. The van der Waals surface area contributed by atoms with Crippen molar-refractivity contribution in [2.75, 3.05) is 26.2 Å². The molecule has 3 nitrogen and oxygen atoms in total. The normalized spacial score (nSPS) is 11.6. The highest BCUT2D eigenvalue weighted by Gasteiger charge is 2.14. The molecule has 1 N–H and O–H groups in total. The summed E-state index contributed by atoms with van der Waals surface area (Å²) in [5, 5.41) is 15.4. The van der Waals surface area contributed by atoms with E-state index in [-0.39, 0.29) is 0 Å². The zero-order valence-corrected chi connectivity index (χ0v) is 18.5. The van der Waals surface area contributed by atoms with Crippen LogP contribution in [0.4, 0.5) is 0 Å². The second-order valence-corrected chi connectivity index (χ2v) is 7.96. The van der Waals surface area contributed by atoms with Crippen molar-refractivity contribution >= 4 is 21.5 Å². The van der Waals surface area contributed by atoms with E-state index < -0.39 is 0 Å². The SMILES string of the molecule is CCN(CC)CCOCc1ccc2ccccc2c1Cc1c(O)ccc2ccccc12.